The number of phenolic OH excluding ortho intramolecular Hbond substituents is 2. The molecule has 2 aromatic carbocycles. The summed E-state index contributed by atoms with van der Waals surface area (Å²) in [5.74, 6) is 0.252. The molecular formula is C17H16N2O7. The molecule has 0 fully saturated rings. The number of hydrogen-bond acceptors (Lipinski definition) is 8. The molecular weight excluding hydrogens is 344 g/mol. The van der Waals surface area contributed by atoms with Crippen molar-refractivity contribution in [1.29, 1.82) is 0 Å². The van der Waals surface area contributed by atoms with Gasteiger partial charge in [-0.25, -0.2) is 0 Å². The Kier molecular flexibility index (Phi) is 4.92. The van der Waals surface area contributed by atoms with Gasteiger partial charge in [-0.15, -0.1) is 5.06 Å². The molecule has 136 valence electrons. The zero-order valence-corrected chi connectivity index (χ0v) is 13.5. The molecule has 0 aromatic heterocycles. The molecule has 0 amide bonds. The van der Waals surface area contributed by atoms with Gasteiger partial charge < -0.3 is 24.9 Å². The number of nitrogens with zero attached hydrogens (tertiary/aromatic N) is 2. The minimum atomic E-state index is -0.525. The summed E-state index contributed by atoms with van der Waals surface area (Å²) < 4.78 is 5.68. The van der Waals surface area contributed by atoms with Crippen LogP contribution in [-0.4, -0.2) is 45.0 Å². The molecule has 26 heavy (non-hydrogen) atoms. The maximum atomic E-state index is 10.7. The van der Waals surface area contributed by atoms with Crippen LogP contribution < -0.4 is 4.74 Å². The fourth-order valence-corrected chi connectivity index (χ4v) is 2.47. The number of aromatic hydroxyl groups is 2. The van der Waals surface area contributed by atoms with Crippen molar-refractivity contribution in [3.63, 3.8) is 0 Å². The van der Waals surface area contributed by atoms with Crippen LogP contribution in [0, 0.1) is 10.1 Å². The Morgan fingerprint density at radius 1 is 1.23 bits per heavy atom. The molecule has 0 saturated heterocycles. The third-order valence-electron chi connectivity index (χ3n) is 3.65. The normalized spacial score (nSPS) is 14.0. The largest absolute Gasteiger partial charge is 0.508 e. The maximum Gasteiger partial charge on any atom is 0.269 e. The van der Waals surface area contributed by atoms with Crippen molar-refractivity contribution in [2.24, 2.45) is 0 Å². The molecule has 0 unspecified atom stereocenters. The van der Waals surface area contributed by atoms with Gasteiger partial charge in [-0.05, 0) is 18.2 Å². The number of phenols is 2. The number of aliphatic hydroxyl groups excluding tert-OH is 1. The Morgan fingerprint density at radius 2 is 1.96 bits per heavy atom. The summed E-state index contributed by atoms with van der Waals surface area (Å²) in [6, 6.07) is 7.83. The van der Waals surface area contributed by atoms with Crippen molar-refractivity contribution in [2.45, 2.75) is 0 Å². The fraction of sp³-hybridized carbons (Fsp3) is 0.176. The number of nitro groups is 1. The quantitative estimate of drug-likeness (QED) is 0.529. The van der Waals surface area contributed by atoms with Crippen LogP contribution in [0.25, 0.3) is 5.76 Å². The van der Waals surface area contributed by atoms with Crippen LogP contribution in [0.4, 0.5) is 5.69 Å². The molecule has 1 aliphatic rings. The predicted molar refractivity (Wildman–Crippen MR) is 90.7 cm³/mol. The summed E-state index contributed by atoms with van der Waals surface area (Å²) in [6.45, 7) is 0.611. The van der Waals surface area contributed by atoms with Crippen molar-refractivity contribution in [3.8, 4) is 23.0 Å². The Hall–Kier alpha value is -3.30. The number of β-amino-alcohol motifs (C(OH)–C–C–N with tert-alkyl or cyclic N) is 1. The van der Waals surface area contributed by atoms with E-state index in [1.165, 1.54) is 35.4 Å². The lowest BCUT2D eigenvalue weighted by Gasteiger charge is -2.17. The van der Waals surface area contributed by atoms with Gasteiger partial charge >= 0.3 is 0 Å². The highest BCUT2D eigenvalue weighted by molar-refractivity contribution is 5.73. The highest BCUT2D eigenvalue weighted by Gasteiger charge is 2.24. The van der Waals surface area contributed by atoms with E-state index < -0.39 is 4.92 Å². The fourth-order valence-electron chi connectivity index (χ4n) is 2.47. The lowest BCUT2D eigenvalue weighted by atomic mass is 10.1. The third kappa shape index (κ3) is 3.68. The summed E-state index contributed by atoms with van der Waals surface area (Å²) in [4.78, 5) is 15.8. The van der Waals surface area contributed by atoms with Crippen molar-refractivity contribution >= 4 is 11.4 Å². The lowest BCUT2D eigenvalue weighted by molar-refractivity contribution is -0.384. The van der Waals surface area contributed by atoms with E-state index >= 15 is 0 Å². The van der Waals surface area contributed by atoms with E-state index in [1.807, 2.05) is 0 Å². The molecule has 2 aromatic rings. The number of nitro benzene ring substituents is 1. The van der Waals surface area contributed by atoms with E-state index in [9.17, 15) is 20.3 Å². The number of non-ortho nitro benzene ring substituents is 1. The molecule has 9 heteroatoms. The summed E-state index contributed by atoms with van der Waals surface area (Å²) in [7, 11) is 0. The van der Waals surface area contributed by atoms with E-state index in [2.05, 4.69) is 0 Å². The minimum Gasteiger partial charge on any atom is -0.508 e. The number of hydrogen-bond donors (Lipinski definition) is 3. The lowest BCUT2D eigenvalue weighted by Crippen LogP contribution is -2.22. The van der Waals surface area contributed by atoms with E-state index in [-0.39, 0.29) is 47.4 Å². The van der Waals surface area contributed by atoms with Crippen LogP contribution in [0.15, 0.2) is 42.5 Å². The number of benzene rings is 2. The SMILES string of the molecule is O=[N+]([O-])c1ccc(Oc2cc(O)cc(O)c2C2=CCN(CCO)O2)cc1. The van der Waals surface area contributed by atoms with Gasteiger partial charge in [0.15, 0.2) is 5.76 Å². The first-order valence-corrected chi connectivity index (χ1v) is 7.70. The van der Waals surface area contributed by atoms with Crippen LogP contribution in [0.2, 0.25) is 0 Å². The molecule has 0 saturated carbocycles. The highest BCUT2D eigenvalue weighted by atomic mass is 16.7. The standard InChI is InChI=1S/C17H16N2O7/c20-8-7-18-6-5-15(26-18)17-14(22)9-12(21)10-16(17)25-13-3-1-11(2-4-13)19(23)24/h1-5,9-10,20-22H,6-8H2. The topological polar surface area (TPSA) is 126 Å². The average Bonchev–Trinajstić information content (AvgIpc) is 3.03. The van der Waals surface area contributed by atoms with Crippen molar-refractivity contribution < 1.29 is 29.8 Å². The highest BCUT2D eigenvalue weighted by Crippen LogP contribution is 2.41. The Balaban J connectivity index is 1.90. The van der Waals surface area contributed by atoms with Crippen LogP contribution in [0.5, 0.6) is 23.0 Å². The molecule has 1 heterocycles. The second kappa shape index (κ2) is 7.30. The smallest absolute Gasteiger partial charge is 0.269 e. The summed E-state index contributed by atoms with van der Waals surface area (Å²) in [5.41, 5.74) is 0.138. The Morgan fingerprint density at radius 3 is 2.62 bits per heavy atom. The molecule has 0 bridgehead atoms. The zero-order valence-electron chi connectivity index (χ0n) is 13.5. The number of ether oxygens (including phenoxy) is 1. The monoisotopic (exact) mass is 360 g/mol. The molecule has 0 aliphatic carbocycles. The van der Waals surface area contributed by atoms with Crippen LogP contribution in [0.3, 0.4) is 0 Å². The van der Waals surface area contributed by atoms with Gasteiger partial charge in [-0.2, -0.15) is 0 Å². The summed E-state index contributed by atoms with van der Waals surface area (Å²) in [6.07, 6.45) is 1.70. The summed E-state index contributed by atoms with van der Waals surface area (Å²) in [5, 5.41) is 41.2. The van der Waals surface area contributed by atoms with E-state index in [0.29, 0.717) is 12.3 Å². The van der Waals surface area contributed by atoms with Gasteiger partial charge in [0.25, 0.3) is 5.69 Å². The van der Waals surface area contributed by atoms with E-state index in [0.717, 1.165) is 6.07 Å². The first-order valence-electron chi connectivity index (χ1n) is 7.70. The van der Waals surface area contributed by atoms with Gasteiger partial charge in [-0.1, -0.05) is 0 Å². The first-order chi connectivity index (χ1) is 12.5. The van der Waals surface area contributed by atoms with Crippen LogP contribution >= 0.6 is 0 Å². The van der Waals surface area contributed by atoms with Crippen molar-refractivity contribution in [3.05, 3.63) is 58.2 Å². The number of aliphatic hydroxyl groups is 1. The molecule has 1 aliphatic heterocycles. The van der Waals surface area contributed by atoms with Gasteiger partial charge in [0.2, 0.25) is 0 Å². The van der Waals surface area contributed by atoms with Gasteiger partial charge in [0, 0.05) is 24.3 Å². The molecule has 0 radical (unpaired) electrons. The maximum absolute atomic E-state index is 10.7. The second-order valence-corrected chi connectivity index (χ2v) is 5.46. The van der Waals surface area contributed by atoms with Gasteiger partial charge in [-0.3, -0.25) is 10.1 Å². The molecule has 0 atom stereocenters. The number of hydroxylamine groups is 2. The molecule has 3 N–H and O–H groups in total. The molecule has 3 rings (SSSR count). The van der Waals surface area contributed by atoms with Crippen LogP contribution in [0.1, 0.15) is 5.56 Å². The molecule has 9 nitrogen and oxygen atoms in total. The predicted octanol–water partition coefficient (Wildman–Crippen LogP) is 2.38. The third-order valence-corrected chi connectivity index (χ3v) is 3.65. The number of rotatable bonds is 6. The van der Waals surface area contributed by atoms with Crippen molar-refractivity contribution in [2.75, 3.05) is 19.7 Å². The Labute approximate surface area is 148 Å². The van der Waals surface area contributed by atoms with Gasteiger partial charge in [0.05, 0.1) is 24.6 Å². The van der Waals surface area contributed by atoms with Gasteiger partial charge in [0.1, 0.15) is 28.6 Å². The zero-order chi connectivity index (χ0) is 18.7. The van der Waals surface area contributed by atoms with Crippen LogP contribution in [-0.2, 0) is 4.84 Å². The van der Waals surface area contributed by atoms with E-state index in [1.54, 1.807) is 6.08 Å². The second-order valence-electron chi connectivity index (χ2n) is 5.46. The minimum absolute atomic E-state index is 0.0854. The van der Waals surface area contributed by atoms with Crippen molar-refractivity contribution in [1.82, 2.24) is 5.06 Å². The Bertz CT molecular complexity index is 849. The van der Waals surface area contributed by atoms with E-state index in [4.69, 9.17) is 14.7 Å². The summed E-state index contributed by atoms with van der Waals surface area (Å²) >= 11 is 0. The average molecular weight is 360 g/mol. The first kappa shape index (κ1) is 17.5. The molecule has 0 spiro atoms.